The van der Waals surface area contributed by atoms with Gasteiger partial charge in [0.05, 0.1) is 12.7 Å². The van der Waals surface area contributed by atoms with Crippen molar-refractivity contribution in [3.63, 3.8) is 0 Å². The van der Waals surface area contributed by atoms with E-state index in [0.717, 1.165) is 0 Å². The van der Waals surface area contributed by atoms with Gasteiger partial charge in [-0.25, -0.2) is 9.59 Å². The van der Waals surface area contributed by atoms with Crippen LogP contribution >= 0.6 is 11.6 Å². The topological polar surface area (TPSA) is 52.6 Å². The van der Waals surface area contributed by atoms with Crippen LogP contribution in [0.15, 0.2) is 35.4 Å². The van der Waals surface area contributed by atoms with Crippen molar-refractivity contribution in [2.45, 2.75) is 33.3 Å². The minimum Gasteiger partial charge on any atom is -0.465 e. The van der Waals surface area contributed by atoms with Gasteiger partial charge in [0.1, 0.15) is 10.6 Å². The maximum absolute atomic E-state index is 12.0. The van der Waals surface area contributed by atoms with Gasteiger partial charge in [0.2, 0.25) is 0 Å². The van der Waals surface area contributed by atoms with Gasteiger partial charge in [0, 0.05) is 0 Å². The van der Waals surface area contributed by atoms with Gasteiger partial charge in [0.15, 0.2) is 0 Å². The van der Waals surface area contributed by atoms with E-state index in [2.05, 4.69) is 0 Å². The standard InChI is InChI=1S/C18H21ClO4/c1-6-13(16(20)22-5)14-10-8-7-9-12(14)11-15(19)17(21)23-18(2,3)4/h6-11H,1-5H3/b13-6+,15-11-. The minimum absolute atomic E-state index is 0.0623. The van der Waals surface area contributed by atoms with Gasteiger partial charge < -0.3 is 9.47 Å². The molecule has 4 nitrogen and oxygen atoms in total. The van der Waals surface area contributed by atoms with E-state index in [1.807, 2.05) is 0 Å². The first kappa shape index (κ1) is 19.0. The maximum atomic E-state index is 12.0. The van der Waals surface area contributed by atoms with E-state index in [1.54, 1.807) is 58.0 Å². The summed E-state index contributed by atoms with van der Waals surface area (Å²) in [5.41, 5.74) is 1.02. The molecule has 0 unspecified atom stereocenters. The van der Waals surface area contributed by atoms with Crippen molar-refractivity contribution in [3.05, 3.63) is 46.5 Å². The molecule has 0 fully saturated rings. The lowest BCUT2D eigenvalue weighted by atomic mass is 9.99. The Kier molecular flexibility index (Phi) is 6.58. The van der Waals surface area contributed by atoms with E-state index >= 15 is 0 Å². The molecule has 0 saturated heterocycles. The molecule has 0 aliphatic heterocycles. The smallest absolute Gasteiger partial charge is 0.350 e. The van der Waals surface area contributed by atoms with Crippen molar-refractivity contribution in [2.75, 3.05) is 7.11 Å². The summed E-state index contributed by atoms with van der Waals surface area (Å²) >= 11 is 6.06. The minimum atomic E-state index is -0.634. The SMILES string of the molecule is C/C=C(/C(=O)OC)c1ccccc1/C=C(\Cl)C(=O)OC(C)(C)C. The Morgan fingerprint density at radius 1 is 1.13 bits per heavy atom. The largest absolute Gasteiger partial charge is 0.465 e. The molecule has 0 radical (unpaired) electrons. The first-order valence-electron chi connectivity index (χ1n) is 7.14. The van der Waals surface area contributed by atoms with Gasteiger partial charge in [0.25, 0.3) is 0 Å². The Morgan fingerprint density at radius 3 is 2.26 bits per heavy atom. The third-order valence-electron chi connectivity index (χ3n) is 2.82. The van der Waals surface area contributed by atoms with Gasteiger partial charge in [-0.3, -0.25) is 0 Å². The van der Waals surface area contributed by atoms with Crippen LogP contribution in [0.25, 0.3) is 11.6 Å². The molecule has 1 rings (SSSR count). The lowest BCUT2D eigenvalue weighted by Crippen LogP contribution is -2.23. The lowest BCUT2D eigenvalue weighted by molar-refractivity contribution is -0.148. The molecule has 0 spiro atoms. The number of carbonyl (C=O) groups excluding carboxylic acids is 2. The molecule has 5 heteroatoms. The van der Waals surface area contributed by atoms with Crippen molar-refractivity contribution < 1.29 is 19.1 Å². The molecule has 1 aromatic rings. The predicted octanol–water partition coefficient (Wildman–Crippen LogP) is 4.18. The van der Waals surface area contributed by atoms with E-state index in [1.165, 1.54) is 13.2 Å². The Labute approximate surface area is 141 Å². The average molecular weight is 337 g/mol. The van der Waals surface area contributed by atoms with Crippen LogP contribution < -0.4 is 0 Å². The fraction of sp³-hybridized carbons (Fsp3) is 0.333. The highest BCUT2D eigenvalue weighted by atomic mass is 35.5. The van der Waals surface area contributed by atoms with E-state index in [9.17, 15) is 9.59 Å². The molecular weight excluding hydrogens is 316 g/mol. The third kappa shape index (κ3) is 5.57. The van der Waals surface area contributed by atoms with Crippen LogP contribution in [0.4, 0.5) is 0 Å². The monoisotopic (exact) mass is 336 g/mol. The summed E-state index contributed by atoms with van der Waals surface area (Å²) < 4.78 is 10.0. The van der Waals surface area contributed by atoms with Crippen molar-refractivity contribution in [3.8, 4) is 0 Å². The first-order valence-corrected chi connectivity index (χ1v) is 7.52. The second kappa shape index (κ2) is 7.97. The third-order valence-corrected chi connectivity index (χ3v) is 3.08. The van der Waals surface area contributed by atoms with Crippen LogP contribution in [0, 0.1) is 0 Å². The molecule has 124 valence electrons. The molecular formula is C18H21ClO4. The summed E-state index contributed by atoms with van der Waals surface area (Å²) in [5.74, 6) is -1.07. The lowest BCUT2D eigenvalue weighted by Gasteiger charge is -2.19. The number of benzene rings is 1. The van der Waals surface area contributed by atoms with Crippen LogP contribution in [-0.4, -0.2) is 24.6 Å². The number of hydrogen-bond acceptors (Lipinski definition) is 4. The molecule has 0 aromatic heterocycles. The highest BCUT2D eigenvalue weighted by molar-refractivity contribution is 6.43. The predicted molar refractivity (Wildman–Crippen MR) is 91.8 cm³/mol. The molecule has 0 aliphatic carbocycles. The summed E-state index contributed by atoms with van der Waals surface area (Å²) in [5, 5.41) is -0.0623. The highest BCUT2D eigenvalue weighted by Gasteiger charge is 2.20. The Bertz CT molecular complexity index is 651. The molecule has 0 aliphatic rings. The average Bonchev–Trinajstić information content (AvgIpc) is 2.47. The zero-order valence-corrected chi connectivity index (χ0v) is 14.7. The Hall–Kier alpha value is -2.07. The van der Waals surface area contributed by atoms with Gasteiger partial charge in [-0.15, -0.1) is 0 Å². The fourth-order valence-corrected chi connectivity index (χ4v) is 2.04. The van der Waals surface area contributed by atoms with Crippen LogP contribution in [0.5, 0.6) is 0 Å². The van der Waals surface area contributed by atoms with Crippen LogP contribution in [0.1, 0.15) is 38.8 Å². The normalized spacial score (nSPS) is 12.8. The summed E-state index contributed by atoms with van der Waals surface area (Å²) in [6, 6.07) is 7.10. The zero-order chi connectivity index (χ0) is 17.6. The maximum Gasteiger partial charge on any atom is 0.350 e. The Balaban J connectivity index is 3.22. The number of allylic oxidation sites excluding steroid dienone is 1. The molecule has 0 bridgehead atoms. The summed E-state index contributed by atoms with van der Waals surface area (Å²) in [6.45, 7) is 7.02. The second-order valence-electron chi connectivity index (χ2n) is 5.78. The van der Waals surface area contributed by atoms with Crippen molar-refractivity contribution in [1.29, 1.82) is 0 Å². The van der Waals surface area contributed by atoms with Gasteiger partial charge in [-0.2, -0.15) is 0 Å². The Morgan fingerprint density at radius 2 is 1.74 bits per heavy atom. The zero-order valence-electron chi connectivity index (χ0n) is 14.0. The number of methoxy groups -OCH3 is 1. The molecule has 0 amide bonds. The van der Waals surface area contributed by atoms with Crippen LogP contribution in [0.3, 0.4) is 0 Å². The summed E-state index contributed by atoms with van der Waals surface area (Å²) in [4.78, 5) is 23.8. The van der Waals surface area contributed by atoms with E-state index in [0.29, 0.717) is 16.7 Å². The molecule has 0 saturated carbocycles. The van der Waals surface area contributed by atoms with E-state index in [-0.39, 0.29) is 5.03 Å². The number of hydrogen-bond donors (Lipinski definition) is 0. The van der Waals surface area contributed by atoms with Crippen LogP contribution in [-0.2, 0) is 19.1 Å². The quantitative estimate of drug-likeness (QED) is 0.611. The van der Waals surface area contributed by atoms with Crippen molar-refractivity contribution >= 4 is 35.2 Å². The molecule has 0 atom stereocenters. The number of carbonyl (C=O) groups is 2. The van der Waals surface area contributed by atoms with Gasteiger partial charge >= 0.3 is 11.9 Å². The number of esters is 2. The number of rotatable bonds is 4. The molecule has 1 aromatic carbocycles. The van der Waals surface area contributed by atoms with E-state index in [4.69, 9.17) is 21.1 Å². The van der Waals surface area contributed by atoms with Gasteiger partial charge in [-0.1, -0.05) is 41.9 Å². The highest BCUT2D eigenvalue weighted by Crippen LogP contribution is 2.24. The van der Waals surface area contributed by atoms with Gasteiger partial charge in [-0.05, 0) is 44.9 Å². The van der Waals surface area contributed by atoms with Crippen molar-refractivity contribution in [1.82, 2.24) is 0 Å². The number of ether oxygens (including phenoxy) is 2. The summed E-state index contributed by atoms with van der Waals surface area (Å²) in [7, 11) is 1.32. The van der Waals surface area contributed by atoms with Crippen LogP contribution in [0.2, 0.25) is 0 Å². The summed E-state index contributed by atoms with van der Waals surface area (Å²) in [6.07, 6.45) is 3.14. The van der Waals surface area contributed by atoms with Crippen molar-refractivity contribution in [2.24, 2.45) is 0 Å². The first-order chi connectivity index (χ1) is 10.7. The molecule has 0 heterocycles. The fourth-order valence-electron chi connectivity index (χ4n) is 1.88. The number of halogens is 1. The van der Waals surface area contributed by atoms with E-state index < -0.39 is 17.5 Å². The molecule has 0 N–H and O–H groups in total. The second-order valence-corrected chi connectivity index (χ2v) is 6.18. The molecule has 23 heavy (non-hydrogen) atoms.